The molecule has 0 unspecified atom stereocenters. The molecule has 0 bridgehead atoms. The Kier molecular flexibility index (Phi) is 2.54. The summed E-state index contributed by atoms with van der Waals surface area (Å²) in [6, 6.07) is 3.30. The van der Waals surface area contributed by atoms with Gasteiger partial charge in [-0.2, -0.15) is 13.2 Å². The minimum Gasteiger partial charge on any atom is -0.508 e. The first-order valence-corrected chi connectivity index (χ1v) is 3.84. The molecule has 0 radical (unpaired) electrons. The second-order valence-electron chi connectivity index (χ2n) is 2.69. The highest BCUT2D eigenvalue weighted by atomic mass is 19.4. The van der Waals surface area contributed by atoms with Crippen LogP contribution in [0.1, 0.15) is 5.56 Å². The van der Waals surface area contributed by atoms with Crippen molar-refractivity contribution in [3.63, 3.8) is 0 Å². The standard InChI is InChI=1S/C8H8BF3O/c1-9-7-3-2-5(13)4-6(7)8(10,11)12/h2-4,9,13H,1H3. The van der Waals surface area contributed by atoms with Crippen molar-refractivity contribution in [1.29, 1.82) is 0 Å². The van der Waals surface area contributed by atoms with Gasteiger partial charge in [-0.05, 0) is 12.1 Å². The molecule has 0 aromatic heterocycles. The van der Waals surface area contributed by atoms with Crippen LogP contribution in [0, 0.1) is 0 Å². The Morgan fingerprint density at radius 1 is 1.31 bits per heavy atom. The Balaban J connectivity index is 3.24. The van der Waals surface area contributed by atoms with Crippen molar-refractivity contribution in [3.05, 3.63) is 23.8 Å². The summed E-state index contributed by atoms with van der Waals surface area (Å²) in [5, 5.41) is 8.90. The van der Waals surface area contributed by atoms with E-state index in [4.69, 9.17) is 5.11 Å². The summed E-state index contributed by atoms with van der Waals surface area (Å²) in [5.74, 6) is -0.357. The number of alkyl halides is 3. The average Bonchev–Trinajstić information content (AvgIpc) is 2.03. The maximum atomic E-state index is 12.3. The maximum absolute atomic E-state index is 12.3. The van der Waals surface area contributed by atoms with Gasteiger partial charge in [0.2, 0.25) is 0 Å². The topological polar surface area (TPSA) is 20.2 Å². The van der Waals surface area contributed by atoms with Crippen molar-refractivity contribution in [2.75, 3.05) is 0 Å². The van der Waals surface area contributed by atoms with Gasteiger partial charge >= 0.3 is 6.18 Å². The second kappa shape index (κ2) is 3.32. The lowest BCUT2D eigenvalue weighted by atomic mass is 9.71. The van der Waals surface area contributed by atoms with E-state index in [1.165, 1.54) is 12.1 Å². The van der Waals surface area contributed by atoms with E-state index < -0.39 is 11.7 Å². The summed E-state index contributed by atoms with van der Waals surface area (Å²) in [6.07, 6.45) is -4.38. The molecule has 0 atom stereocenters. The van der Waals surface area contributed by atoms with Crippen LogP contribution in [-0.2, 0) is 6.18 Å². The van der Waals surface area contributed by atoms with Gasteiger partial charge in [-0.15, -0.1) is 0 Å². The molecule has 5 heteroatoms. The van der Waals surface area contributed by atoms with E-state index in [-0.39, 0.29) is 11.2 Å². The van der Waals surface area contributed by atoms with Gasteiger partial charge in [-0.1, -0.05) is 18.4 Å². The van der Waals surface area contributed by atoms with E-state index >= 15 is 0 Å². The van der Waals surface area contributed by atoms with E-state index in [9.17, 15) is 13.2 Å². The number of hydrogen-bond donors (Lipinski definition) is 1. The Morgan fingerprint density at radius 3 is 2.38 bits per heavy atom. The van der Waals surface area contributed by atoms with Crippen LogP contribution in [0.3, 0.4) is 0 Å². The highest BCUT2D eigenvalue weighted by Crippen LogP contribution is 2.29. The van der Waals surface area contributed by atoms with Crippen molar-refractivity contribution < 1.29 is 18.3 Å². The summed E-state index contributed by atoms with van der Waals surface area (Å²) in [4.78, 5) is 0. The third kappa shape index (κ3) is 2.17. The molecule has 13 heavy (non-hydrogen) atoms. The molecule has 70 valence electrons. The van der Waals surface area contributed by atoms with Gasteiger partial charge in [-0.3, -0.25) is 0 Å². The lowest BCUT2D eigenvalue weighted by molar-refractivity contribution is -0.136. The molecule has 0 spiro atoms. The van der Waals surface area contributed by atoms with Crippen LogP contribution in [0.15, 0.2) is 18.2 Å². The molecule has 0 aliphatic rings. The smallest absolute Gasteiger partial charge is 0.416 e. The van der Waals surface area contributed by atoms with Crippen LogP contribution in [0.2, 0.25) is 6.82 Å². The number of phenolic OH excluding ortho intramolecular Hbond substituents is 1. The van der Waals surface area contributed by atoms with Gasteiger partial charge < -0.3 is 5.11 Å². The quantitative estimate of drug-likeness (QED) is 0.662. The molecular formula is C8H8BF3O. The zero-order chi connectivity index (χ0) is 10.1. The summed E-state index contributed by atoms with van der Waals surface area (Å²) < 4.78 is 36.9. The summed E-state index contributed by atoms with van der Waals surface area (Å²) in [6.45, 7) is 1.64. The van der Waals surface area contributed by atoms with Gasteiger partial charge in [0.25, 0.3) is 0 Å². The normalized spacial score (nSPS) is 11.4. The Labute approximate surface area is 74.4 Å². The van der Waals surface area contributed by atoms with E-state index in [0.29, 0.717) is 7.28 Å². The highest BCUT2D eigenvalue weighted by molar-refractivity contribution is 6.52. The molecule has 0 amide bonds. The molecule has 1 rings (SSSR count). The van der Waals surface area contributed by atoms with Gasteiger partial charge in [0.1, 0.15) is 5.75 Å². The van der Waals surface area contributed by atoms with Crippen LogP contribution in [-0.4, -0.2) is 12.4 Å². The van der Waals surface area contributed by atoms with Crippen molar-refractivity contribution >= 4 is 12.7 Å². The van der Waals surface area contributed by atoms with Crippen molar-refractivity contribution in [1.82, 2.24) is 0 Å². The van der Waals surface area contributed by atoms with Crippen LogP contribution in [0.25, 0.3) is 0 Å². The maximum Gasteiger partial charge on any atom is 0.416 e. The molecule has 0 saturated heterocycles. The summed E-state index contributed by atoms with van der Waals surface area (Å²) in [7, 11) is 0.301. The summed E-state index contributed by atoms with van der Waals surface area (Å²) in [5.41, 5.74) is -0.555. The predicted octanol–water partition coefficient (Wildman–Crippen LogP) is 1.52. The minimum atomic E-state index is -4.38. The molecule has 0 aliphatic heterocycles. The zero-order valence-corrected chi connectivity index (χ0v) is 7.02. The molecular weight excluding hydrogens is 180 g/mol. The Morgan fingerprint density at radius 2 is 1.92 bits per heavy atom. The second-order valence-corrected chi connectivity index (χ2v) is 2.69. The van der Waals surface area contributed by atoms with E-state index in [1.807, 2.05) is 0 Å². The molecule has 0 aliphatic carbocycles. The number of benzene rings is 1. The fourth-order valence-corrected chi connectivity index (χ4v) is 1.14. The lowest BCUT2D eigenvalue weighted by Gasteiger charge is -2.11. The van der Waals surface area contributed by atoms with E-state index in [1.54, 1.807) is 6.82 Å². The lowest BCUT2D eigenvalue weighted by Crippen LogP contribution is -2.23. The molecule has 0 fully saturated rings. The van der Waals surface area contributed by atoms with Gasteiger partial charge in [0, 0.05) is 0 Å². The fourth-order valence-electron chi connectivity index (χ4n) is 1.14. The van der Waals surface area contributed by atoms with Crippen LogP contribution >= 0.6 is 0 Å². The number of phenols is 1. The van der Waals surface area contributed by atoms with Crippen molar-refractivity contribution in [3.8, 4) is 5.75 Å². The SMILES string of the molecule is CBc1ccc(O)cc1C(F)(F)F. The van der Waals surface area contributed by atoms with Gasteiger partial charge in [-0.25, -0.2) is 0 Å². The molecule has 0 saturated carbocycles. The number of hydrogen-bond acceptors (Lipinski definition) is 1. The van der Waals surface area contributed by atoms with Gasteiger partial charge in [0.05, 0.1) is 5.56 Å². The number of halogens is 3. The van der Waals surface area contributed by atoms with E-state index in [0.717, 1.165) is 6.07 Å². The van der Waals surface area contributed by atoms with Crippen LogP contribution in [0.5, 0.6) is 5.75 Å². The third-order valence-corrected chi connectivity index (χ3v) is 1.78. The number of rotatable bonds is 1. The average molecular weight is 188 g/mol. The first-order chi connectivity index (χ1) is 5.95. The summed E-state index contributed by atoms with van der Waals surface area (Å²) >= 11 is 0. The molecule has 1 aromatic carbocycles. The Bertz CT molecular complexity index is 309. The predicted molar refractivity (Wildman–Crippen MR) is 45.8 cm³/mol. The molecule has 0 heterocycles. The van der Waals surface area contributed by atoms with E-state index in [2.05, 4.69) is 0 Å². The molecule has 1 N–H and O–H groups in total. The Hall–Kier alpha value is -1.13. The molecule has 1 nitrogen and oxygen atoms in total. The zero-order valence-electron chi connectivity index (χ0n) is 7.02. The first kappa shape index (κ1) is 9.96. The fraction of sp³-hybridized carbons (Fsp3) is 0.250. The largest absolute Gasteiger partial charge is 0.508 e. The van der Waals surface area contributed by atoms with Crippen LogP contribution in [0.4, 0.5) is 13.2 Å². The monoisotopic (exact) mass is 188 g/mol. The third-order valence-electron chi connectivity index (χ3n) is 1.78. The first-order valence-electron chi connectivity index (χ1n) is 3.84. The van der Waals surface area contributed by atoms with Crippen molar-refractivity contribution in [2.45, 2.75) is 13.0 Å². The van der Waals surface area contributed by atoms with Gasteiger partial charge in [0.15, 0.2) is 7.28 Å². The highest BCUT2D eigenvalue weighted by Gasteiger charge is 2.32. The van der Waals surface area contributed by atoms with Crippen molar-refractivity contribution in [2.24, 2.45) is 0 Å². The minimum absolute atomic E-state index is 0.199. The number of aromatic hydroxyl groups is 1. The van der Waals surface area contributed by atoms with Crippen LogP contribution < -0.4 is 5.46 Å². The molecule has 1 aromatic rings.